The second-order valence-corrected chi connectivity index (χ2v) is 19.9. The number of nitrogens with zero attached hydrogens (tertiary/aromatic N) is 1. The van der Waals surface area contributed by atoms with Gasteiger partial charge < -0.3 is 28.8 Å². The van der Waals surface area contributed by atoms with Gasteiger partial charge in [0.25, 0.3) is 7.82 Å². The van der Waals surface area contributed by atoms with Gasteiger partial charge in [-0.3, -0.25) is 9.36 Å². The maximum atomic E-state index is 12.9. The molecular weight excluding hydrogens is 852 g/mol. The molecule has 3 atom stereocenters. The smallest absolute Gasteiger partial charge is 0.268 e. The zero-order valence-corrected chi connectivity index (χ0v) is 44.2. The first kappa shape index (κ1) is 63.9. The summed E-state index contributed by atoms with van der Waals surface area (Å²) >= 11 is 0. The van der Waals surface area contributed by atoms with E-state index in [-0.39, 0.29) is 12.5 Å². The van der Waals surface area contributed by atoms with Gasteiger partial charge in [-0.25, -0.2) is 0 Å². The van der Waals surface area contributed by atoms with E-state index in [2.05, 4.69) is 129 Å². The van der Waals surface area contributed by atoms with Crippen molar-refractivity contribution in [3.8, 4) is 0 Å². The number of nitrogens with one attached hydrogen (secondary N) is 1. The van der Waals surface area contributed by atoms with Crippen molar-refractivity contribution in [2.45, 2.75) is 199 Å². The molecule has 8 nitrogen and oxygen atoms in total. The molecule has 0 fully saturated rings. The molecule has 0 rings (SSSR count). The van der Waals surface area contributed by atoms with Gasteiger partial charge in [-0.15, -0.1) is 0 Å². The molecule has 3 unspecified atom stereocenters. The van der Waals surface area contributed by atoms with Crippen LogP contribution in [0.1, 0.15) is 187 Å². The van der Waals surface area contributed by atoms with Crippen molar-refractivity contribution in [1.82, 2.24) is 5.32 Å². The molecule has 0 aromatic heterocycles. The summed E-state index contributed by atoms with van der Waals surface area (Å²) in [4.78, 5) is 25.3. The van der Waals surface area contributed by atoms with Crippen molar-refractivity contribution in [2.24, 2.45) is 0 Å². The van der Waals surface area contributed by atoms with Crippen LogP contribution in [-0.4, -0.2) is 68.5 Å². The van der Waals surface area contributed by atoms with Gasteiger partial charge in [0.2, 0.25) is 5.91 Å². The number of likely N-dealkylation sites (N-methyl/N-ethyl adjacent to an activating group) is 1. The van der Waals surface area contributed by atoms with E-state index < -0.39 is 26.6 Å². The third kappa shape index (κ3) is 50.6. The number of rotatable bonds is 46. The summed E-state index contributed by atoms with van der Waals surface area (Å²) in [7, 11) is 1.22. The number of amides is 1. The lowest BCUT2D eigenvalue weighted by Gasteiger charge is -2.29. The molecule has 1 amide bonds. The number of quaternary nitrogens is 1. The fourth-order valence-electron chi connectivity index (χ4n) is 6.82. The highest BCUT2D eigenvalue weighted by Gasteiger charge is 2.23. The third-order valence-corrected chi connectivity index (χ3v) is 11.9. The minimum Gasteiger partial charge on any atom is -0.756 e. The SMILES string of the molecule is CC/C=C\C/C=C\C/C=C\C/C=C\C/C=C\C/C=C\C/C=C\CCCCCCCCCCCCCCCC(=O)NC(COP(=O)([O-])OCC[N+](C)(C)C)C(O)/C=C/CC/C=C/CC/C=C/CC. The van der Waals surface area contributed by atoms with Crippen LogP contribution in [-0.2, 0) is 18.4 Å². The molecule has 9 heteroatoms. The topological polar surface area (TPSA) is 108 Å². The second-order valence-electron chi connectivity index (χ2n) is 18.4. The highest BCUT2D eigenvalue weighted by molar-refractivity contribution is 7.45. The van der Waals surface area contributed by atoms with Crippen molar-refractivity contribution >= 4 is 13.7 Å². The van der Waals surface area contributed by atoms with Crippen LogP contribution >= 0.6 is 7.82 Å². The largest absolute Gasteiger partial charge is 0.756 e. The van der Waals surface area contributed by atoms with Crippen molar-refractivity contribution in [3.05, 3.63) is 122 Å². The lowest BCUT2D eigenvalue weighted by molar-refractivity contribution is -0.870. The number of aliphatic hydroxyl groups excluding tert-OH is 1. The van der Waals surface area contributed by atoms with E-state index in [9.17, 15) is 19.4 Å². The maximum Gasteiger partial charge on any atom is 0.268 e. The van der Waals surface area contributed by atoms with Crippen LogP contribution in [0.5, 0.6) is 0 Å². The van der Waals surface area contributed by atoms with Crippen LogP contribution < -0.4 is 10.2 Å². The highest BCUT2D eigenvalue weighted by Crippen LogP contribution is 2.38. The lowest BCUT2D eigenvalue weighted by Crippen LogP contribution is -2.45. The summed E-state index contributed by atoms with van der Waals surface area (Å²) in [6.07, 6.45) is 71.5. The zero-order chi connectivity index (χ0) is 49.2. The van der Waals surface area contributed by atoms with Crippen LogP contribution in [0.2, 0.25) is 0 Å². The molecule has 0 aromatic carbocycles. The molecule has 0 spiro atoms. The van der Waals surface area contributed by atoms with E-state index in [0.717, 1.165) is 96.3 Å². The van der Waals surface area contributed by atoms with Gasteiger partial charge in [0.05, 0.1) is 39.9 Å². The molecule has 0 saturated heterocycles. The number of phosphoric ester groups is 1. The van der Waals surface area contributed by atoms with Crippen molar-refractivity contribution in [3.63, 3.8) is 0 Å². The average molecular weight is 951 g/mol. The average Bonchev–Trinajstić information content (AvgIpc) is 3.29. The summed E-state index contributed by atoms with van der Waals surface area (Å²) in [5.74, 6) is -0.221. The van der Waals surface area contributed by atoms with Crippen molar-refractivity contribution < 1.29 is 32.9 Å². The minimum absolute atomic E-state index is 0.0149. The van der Waals surface area contributed by atoms with Crippen molar-refractivity contribution in [2.75, 3.05) is 40.9 Å². The van der Waals surface area contributed by atoms with Crippen LogP contribution in [0.3, 0.4) is 0 Å². The Kier molecular flexibility index (Phi) is 45.7. The van der Waals surface area contributed by atoms with Gasteiger partial charge in [0, 0.05) is 6.42 Å². The molecule has 0 aromatic rings. The Morgan fingerprint density at radius 1 is 0.522 bits per heavy atom. The molecule has 0 aliphatic heterocycles. The minimum atomic E-state index is -4.61. The van der Waals surface area contributed by atoms with Gasteiger partial charge in [-0.05, 0) is 96.3 Å². The Morgan fingerprint density at radius 2 is 0.881 bits per heavy atom. The van der Waals surface area contributed by atoms with E-state index in [1.165, 1.54) is 70.6 Å². The monoisotopic (exact) mass is 951 g/mol. The van der Waals surface area contributed by atoms with E-state index in [4.69, 9.17) is 9.05 Å². The molecule has 0 bridgehead atoms. The Balaban J connectivity index is 4.07. The van der Waals surface area contributed by atoms with E-state index >= 15 is 0 Å². The summed E-state index contributed by atoms with van der Waals surface area (Å²) < 4.78 is 23.2. The summed E-state index contributed by atoms with van der Waals surface area (Å²) in [5.41, 5.74) is 0. The summed E-state index contributed by atoms with van der Waals surface area (Å²) in [5, 5.41) is 13.7. The second kappa shape index (κ2) is 47.9. The quantitative estimate of drug-likeness (QED) is 0.0272. The first-order valence-corrected chi connectivity index (χ1v) is 27.9. The van der Waals surface area contributed by atoms with Gasteiger partial charge >= 0.3 is 0 Å². The molecule has 0 heterocycles. The molecule has 0 radical (unpaired) electrons. The fraction of sp³-hybridized carbons (Fsp3) is 0.638. The Bertz CT molecular complexity index is 1500. The number of hydrogen-bond acceptors (Lipinski definition) is 6. The summed E-state index contributed by atoms with van der Waals surface area (Å²) in [6, 6.07) is -0.916. The Morgan fingerprint density at radius 3 is 1.33 bits per heavy atom. The molecule has 0 aliphatic carbocycles. The number of aliphatic hydroxyl groups is 1. The molecule has 2 N–H and O–H groups in total. The van der Waals surface area contributed by atoms with Gasteiger partial charge in [-0.1, -0.05) is 206 Å². The van der Waals surface area contributed by atoms with Crippen molar-refractivity contribution in [1.29, 1.82) is 0 Å². The molecule has 0 saturated carbocycles. The number of unbranched alkanes of at least 4 members (excludes halogenated alkanes) is 15. The predicted octanol–water partition coefficient (Wildman–Crippen LogP) is 15.2. The Labute approximate surface area is 412 Å². The Hall–Kier alpha value is -3.10. The van der Waals surface area contributed by atoms with Crippen LogP contribution in [0.4, 0.5) is 0 Å². The van der Waals surface area contributed by atoms with Gasteiger partial charge in [0.1, 0.15) is 13.2 Å². The maximum absolute atomic E-state index is 12.9. The number of phosphoric acid groups is 1. The summed E-state index contributed by atoms with van der Waals surface area (Å²) in [6.45, 7) is 4.35. The normalized spacial score (nSPS) is 15.0. The number of carbonyl (C=O) groups is 1. The molecular formula is C58H99N2O6P. The highest BCUT2D eigenvalue weighted by atomic mass is 31.2. The first-order valence-electron chi connectivity index (χ1n) is 26.4. The van der Waals surface area contributed by atoms with E-state index in [0.29, 0.717) is 17.4 Å². The van der Waals surface area contributed by atoms with E-state index in [1.807, 2.05) is 27.2 Å². The lowest BCUT2D eigenvalue weighted by atomic mass is 10.0. The number of hydrogen-bond donors (Lipinski definition) is 2. The standard InChI is InChI=1S/C58H99N2O6P/c1-6-8-10-12-14-16-18-19-20-21-22-23-24-25-26-27-28-29-30-31-32-33-34-35-36-37-38-39-40-41-42-44-46-48-50-52-58(62)59-56(55-66-67(63,64)65-54-53-60(3,4)5)57(61)51-49-47-45-43-17-15-13-11-9-7-2/h8-11,14,16-17,19-20,22-23,25-26,28-29,31-32,43,49,51,56-57,61H,6-7,12-13,15,18,21,24,27,30,33-42,44-48,50,52-55H2,1-5H3,(H-,59,62,63,64)/b10-8-,11-9+,16-14-,20-19-,23-22-,26-25-,29-28-,32-31-,43-17+,51-49+. The number of allylic oxidation sites excluding steroid dienone is 19. The predicted molar refractivity (Wildman–Crippen MR) is 288 cm³/mol. The van der Waals surface area contributed by atoms with Gasteiger partial charge in [-0.2, -0.15) is 0 Å². The molecule has 0 aliphatic rings. The van der Waals surface area contributed by atoms with Crippen LogP contribution in [0.25, 0.3) is 0 Å². The van der Waals surface area contributed by atoms with Crippen LogP contribution in [0.15, 0.2) is 122 Å². The third-order valence-electron chi connectivity index (χ3n) is 10.9. The van der Waals surface area contributed by atoms with E-state index in [1.54, 1.807) is 6.08 Å². The number of carbonyl (C=O) groups excluding carboxylic acids is 1. The molecule has 382 valence electrons. The zero-order valence-electron chi connectivity index (χ0n) is 43.3. The fourth-order valence-corrected chi connectivity index (χ4v) is 7.54. The van der Waals surface area contributed by atoms with Gasteiger partial charge in [0.15, 0.2) is 0 Å². The first-order chi connectivity index (χ1) is 32.5. The van der Waals surface area contributed by atoms with Crippen LogP contribution in [0, 0.1) is 0 Å². The molecule has 67 heavy (non-hydrogen) atoms.